The van der Waals surface area contributed by atoms with Crippen LogP contribution in [0.4, 0.5) is 0 Å². The zero-order valence-corrected chi connectivity index (χ0v) is 13.1. The highest BCUT2D eigenvalue weighted by atomic mass is 16.2. The van der Waals surface area contributed by atoms with E-state index in [1.165, 1.54) is 0 Å². The van der Waals surface area contributed by atoms with E-state index in [1.807, 2.05) is 53.9 Å². The van der Waals surface area contributed by atoms with Gasteiger partial charge in [0.1, 0.15) is 11.9 Å². The fourth-order valence-corrected chi connectivity index (χ4v) is 3.15. The average molecular weight is 298 g/mol. The summed E-state index contributed by atoms with van der Waals surface area (Å²) in [5.41, 5.74) is 0.475. The van der Waals surface area contributed by atoms with E-state index in [0.717, 1.165) is 31.6 Å². The van der Waals surface area contributed by atoms with Gasteiger partial charge in [-0.25, -0.2) is 9.97 Å². The summed E-state index contributed by atoms with van der Waals surface area (Å²) in [4.78, 5) is 23.3. The van der Waals surface area contributed by atoms with Gasteiger partial charge in [-0.1, -0.05) is 0 Å². The van der Waals surface area contributed by atoms with Crippen LogP contribution in [-0.4, -0.2) is 38.4 Å². The first kappa shape index (κ1) is 14.8. The van der Waals surface area contributed by atoms with Crippen molar-refractivity contribution >= 4 is 5.91 Å². The van der Waals surface area contributed by atoms with Crippen molar-refractivity contribution in [2.75, 3.05) is 13.1 Å². The van der Waals surface area contributed by atoms with E-state index in [4.69, 9.17) is 0 Å². The number of nitrogens with zero attached hydrogens (tertiary/aromatic N) is 4. The summed E-state index contributed by atoms with van der Waals surface area (Å²) in [6.07, 6.45) is 9.34. The number of carbonyl (C=O) groups is 1. The number of rotatable bonds is 3. The Balaban J connectivity index is 1.76. The number of amides is 1. The molecule has 0 spiro atoms. The Kier molecular flexibility index (Phi) is 3.96. The molecule has 5 nitrogen and oxygen atoms in total. The van der Waals surface area contributed by atoms with Gasteiger partial charge in [0.15, 0.2) is 0 Å². The molecule has 1 fully saturated rings. The predicted octanol–water partition coefficient (Wildman–Crippen LogP) is 2.42. The molecule has 2 aromatic rings. The lowest BCUT2D eigenvalue weighted by Crippen LogP contribution is -2.49. The quantitative estimate of drug-likeness (QED) is 0.874. The van der Waals surface area contributed by atoms with Crippen LogP contribution in [0, 0.1) is 0 Å². The summed E-state index contributed by atoms with van der Waals surface area (Å²) in [5.74, 6) is 0.476. The van der Waals surface area contributed by atoms with Gasteiger partial charge in [-0.05, 0) is 44.9 Å². The molecular weight excluding hydrogens is 276 g/mol. The lowest BCUT2D eigenvalue weighted by molar-refractivity contribution is -0.140. The molecule has 1 saturated heterocycles. The summed E-state index contributed by atoms with van der Waals surface area (Å²) in [7, 11) is 0. The van der Waals surface area contributed by atoms with E-state index in [2.05, 4.69) is 9.97 Å². The van der Waals surface area contributed by atoms with Gasteiger partial charge >= 0.3 is 0 Å². The third-order valence-corrected chi connectivity index (χ3v) is 4.51. The first-order valence-corrected chi connectivity index (χ1v) is 7.78. The molecule has 0 bridgehead atoms. The minimum absolute atomic E-state index is 0.169. The Bertz CT molecular complexity index is 621. The number of piperidine rings is 1. The molecule has 0 saturated carbocycles. The van der Waals surface area contributed by atoms with Crippen LogP contribution >= 0.6 is 0 Å². The molecule has 1 atom stereocenters. The van der Waals surface area contributed by atoms with Gasteiger partial charge in [-0.2, -0.15) is 0 Å². The van der Waals surface area contributed by atoms with Crippen molar-refractivity contribution in [2.45, 2.75) is 38.1 Å². The predicted molar refractivity (Wildman–Crippen MR) is 84.3 cm³/mol. The van der Waals surface area contributed by atoms with Crippen LogP contribution in [-0.2, 0) is 10.3 Å². The highest BCUT2D eigenvalue weighted by molar-refractivity contribution is 5.84. The van der Waals surface area contributed by atoms with Gasteiger partial charge in [0.05, 0.1) is 0 Å². The van der Waals surface area contributed by atoms with Crippen LogP contribution in [0.2, 0.25) is 0 Å². The third-order valence-electron chi connectivity index (χ3n) is 4.51. The van der Waals surface area contributed by atoms with Crippen molar-refractivity contribution in [3.8, 4) is 0 Å². The lowest BCUT2D eigenvalue weighted by atomic mass is 9.92. The summed E-state index contributed by atoms with van der Waals surface area (Å²) >= 11 is 0. The van der Waals surface area contributed by atoms with Crippen molar-refractivity contribution < 1.29 is 4.79 Å². The highest BCUT2D eigenvalue weighted by Gasteiger charge is 2.35. The van der Waals surface area contributed by atoms with Gasteiger partial charge in [0, 0.05) is 43.3 Å². The van der Waals surface area contributed by atoms with Crippen molar-refractivity contribution in [1.29, 1.82) is 0 Å². The fraction of sp³-hybridized carbons (Fsp3) is 0.471. The Labute approximate surface area is 131 Å². The Morgan fingerprint density at radius 3 is 2.77 bits per heavy atom. The molecule has 1 aliphatic heterocycles. The normalized spacial score (nSPS) is 19.2. The number of carbonyl (C=O) groups excluding carboxylic acids is 1. The second-order valence-electron chi connectivity index (χ2n) is 6.37. The number of likely N-dealkylation sites (tertiary alicyclic amines) is 1. The standard InChI is InChI=1S/C17H22N4O/c1-17(2,21-10-3-4-11-21)16(22)20-9-5-6-14(12-20)15-7-8-18-13-19-15/h3-4,7-8,10-11,13-14H,5-6,9,12H2,1-2H3. The highest BCUT2D eigenvalue weighted by Crippen LogP contribution is 2.28. The van der Waals surface area contributed by atoms with E-state index in [0.29, 0.717) is 5.92 Å². The molecule has 1 unspecified atom stereocenters. The fourth-order valence-electron chi connectivity index (χ4n) is 3.15. The number of hydrogen-bond acceptors (Lipinski definition) is 3. The van der Waals surface area contributed by atoms with Gasteiger partial charge in [0.2, 0.25) is 5.91 Å². The van der Waals surface area contributed by atoms with Crippen LogP contribution in [0.3, 0.4) is 0 Å². The number of hydrogen-bond donors (Lipinski definition) is 0. The topological polar surface area (TPSA) is 51.0 Å². The van der Waals surface area contributed by atoms with E-state index >= 15 is 0 Å². The maximum atomic E-state index is 13.0. The second kappa shape index (κ2) is 5.91. The van der Waals surface area contributed by atoms with Crippen LogP contribution in [0.5, 0.6) is 0 Å². The second-order valence-corrected chi connectivity index (χ2v) is 6.37. The first-order chi connectivity index (χ1) is 10.6. The van der Waals surface area contributed by atoms with Crippen molar-refractivity contribution in [3.05, 3.63) is 48.8 Å². The maximum Gasteiger partial charge on any atom is 0.248 e. The molecular formula is C17H22N4O. The minimum atomic E-state index is -0.558. The Hall–Kier alpha value is -2.17. The first-order valence-electron chi connectivity index (χ1n) is 7.78. The Morgan fingerprint density at radius 1 is 1.32 bits per heavy atom. The minimum Gasteiger partial charge on any atom is -0.340 e. The molecule has 3 heterocycles. The number of aromatic nitrogens is 3. The van der Waals surface area contributed by atoms with Gasteiger partial charge < -0.3 is 9.47 Å². The molecule has 0 radical (unpaired) electrons. The maximum absolute atomic E-state index is 13.0. The van der Waals surface area contributed by atoms with Crippen molar-refractivity contribution in [3.63, 3.8) is 0 Å². The van der Waals surface area contributed by atoms with Crippen LogP contribution in [0.15, 0.2) is 43.1 Å². The van der Waals surface area contributed by atoms with Crippen molar-refractivity contribution in [2.24, 2.45) is 0 Å². The molecule has 1 amide bonds. The largest absolute Gasteiger partial charge is 0.340 e. The van der Waals surface area contributed by atoms with Gasteiger partial charge in [-0.15, -0.1) is 0 Å². The smallest absolute Gasteiger partial charge is 0.248 e. The molecule has 22 heavy (non-hydrogen) atoms. The molecule has 3 rings (SSSR count). The van der Waals surface area contributed by atoms with E-state index in [1.54, 1.807) is 12.5 Å². The van der Waals surface area contributed by atoms with Crippen LogP contribution in [0.25, 0.3) is 0 Å². The SMILES string of the molecule is CC(C)(C(=O)N1CCCC(c2ccncn2)C1)n1cccc1. The van der Waals surface area contributed by atoms with E-state index in [-0.39, 0.29) is 5.91 Å². The van der Waals surface area contributed by atoms with Gasteiger partial charge in [-0.3, -0.25) is 4.79 Å². The third kappa shape index (κ3) is 2.75. The Morgan fingerprint density at radius 2 is 2.09 bits per heavy atom. The monoisotopic (exact) mass is 298 g/mol. The van der Waals surface area contributed by atoms with E-state index < -0.39 is 5.54 Å². The molecule has 2 aromatic heterocycles. The van der Waals surface area contributed by atoms with E-state index in [9.17, 15) is 4.79 Å². The zero-order chi connectivity index (χ0) is 15.6. The molecule has 5 heteroatoms. The summed E-state index contributed by atoms with van der Waals surface area (Å²) < 4.78 is 1.98. The molecule has 0 aliphatic carbocycles. The molecule has 0 aromatic carbocycles. The van der Waals surface area contributed by atoms with Crippen molar-refractivity contribution in [1.82, 2.24) is 19.4 Å². The summed E-state index contributed by atoms with van der Waals surface area (Å²) in [6, 6.07) is 5.86. The lowest BCUT2D eigenvalue weighted by Gasteiger charge is -2.38. The summed E-state index contributed by atoms with van der Waals surface area (Å²) in [6.45, 7) is 5.51. The molecule has 1 aliphatic rings. The van der Waals surface area contributed by atoms with Crippen LogP contribution in [0.1, 0.15) is 38.3 Å². The van der Waals surface area contributed by atoms with Gasteiger partial charge in [0.25, 0.3) is 0 Å². The van der Waals surface area contributed by atoms with Crippen LogP contribution < -0.4 is 0 Å². The average Bonchev–Trinajstić information content (AvgIpc) is 3.10. The molecule has 0 N–H and O–H groups in total. The molecule has 116 valence electrons. The zero-order valence-electron chi connectivity index (χ0n) is 13.1. The summed E-state index contributed by atoms with van der Waals surface area (Å²) in [5, 5.41) is 0.